The highest BCUT2D eigenvalue weighted by Gasteiger charge is 2.16. The molecule has 0 radical (unpaired) electrons. The second-order valence-corrected chi connectivity index (χ2v) is 4.59. The Morgan fingerprint density at radius 1 is 1.43 bits per heavy atom. The largest absolute Gasteiger partial charge is 0.330 e. The first-order valence-electron chi connectivity index (χ1n) is 4.94. The van der Waals surface area contributed by atoms with E-state index in [9.17, 15) is 0 Å². The summed E-state index contributed by atoms with van der Waals surface area (Å²) >= 11 is 1.95. The van der Waals surface area contributed by atoms with Gasteiger partial charge in [0.05, 0.1) is 5.69 Å². The highest BCUT2D eigenvalue weighted by atomic mass is 32.2. The van der Waals surface area contributed by atoms with Gasteiger partial charge in [-0.15, -0.1) is 0 Å². The fourth-order valence-electron chi connectivity index (χ4n) is 1.81. The van der Waals surface area contributed by atoms with Gasteiger partial charge < -0.3 is 5.73 Å². The summed E-state index contributed by atoms with van der Waals surface area (Å²) in [6.45, 7) is 2.63. The van der Waals surface area contributed by atoms with Crippen molar-refractivity contribution in [1.82, 2.24) is 9.97 Å². The molecule has 2 N–H and O–H groups in total. The van der Waals surface area contributed by atoms with Crippen LogP contribution >= 0.6 is 11.8 Å². The summed E-state index contributed by atoms with van der Waals surface area (Å²) in [7, 11) is 0. The van der Waals surface area contributed by atoms with Crippen molar-refractivity contribution in [3.8, 4) is 0 Å². The van der Waals surface area contributed by atoms with Crippen molar-refractivity contribution < 1.29 is 0 Å². The molecule has 0 saturated heterocycles. The Balaban J connectivity index is 2.41. The average Bonchev–Trinajstić information content (AvgIpc) is 2.18. The van der Waals surface area contributed by atoms with Crippen molar-refractivity contribution in [3.05, 3.63) is 22.8 Å². The van der Waals surface area contributed by atoms with Crippen LogP contribution in [-0.4, -0.2) is 22.3 Å². The number of hydrogen-bond donors (Lipinski definition) is 1. The van der Waals surface area contributed by atoms with Crippen LogP contribution in [0.4, 0.5) is 0 Å². The molecule has 3 nitrogen and oxygen atoms in total. The van der Waals surface area contributed by atoms with Crippen molar-refractivity contribution in [1.29, 1.82) is 0 Å². The van der Waals surface area contributed by atoms with Crippen LogP contribution in [-0.2, 0) is 18.6 Å². The Morgan fingerprint density at radius 2 is 2.29 bits per heavy atom. The van der Waals surface area contributed by atoms with Gasteiger partial charge >= 0.3 is 0 Å². The molecule has 76 valence electrons. The lowest BCUT2D eigenvalue weighted by Crippen LogP contribution is -2.15. The minimum atomic E-state index is 0.677. The van der Waals surface area contributed by atoms with Gasteiger partial charge in [0.15, 0.2) is 0 Å². The van der Waals surface area contributed by atoms with Crippen LogP contribution in [0.2, 0.25) is 0 Å². The summed E-state index contributed by atoms with van der Waals surface area (Å²) in [4.78, 5) is 8.96. The molecular formula is C10H15N3S. The van der Waals surface area contributed by atoms with Gasteiger partial charge in [-0.2, -0.15) is 11.8 Å². The fourth-order valence-corrected chi connectivity index (χ4v) is 2.74. The molecule has 0 unspecified atom stereocenters. The van der Waals surface area contributed by atoms with E-state index < -0.39 is 0 Å². The van der Waals surface area contributed by atoms with E-state index in [4.69, 9.17) is 5.73 Å². The monoisotopic (exact) mass is 209 g/mol. The second-order valence-electron chi connectivity index (χ2n) is 3.48. The lowest BCUT2D eigenvalue weighted by atomic mass is 10.1. The predicted molar refractivity (Wildman–Crippen MR) is 59.4 cm³/mol. The highest BCUT2D eigenvalue weighted by molar-refractivity contribution is 7.98. The number of thioether (sulfide) groups is 1. The molecule has 0 saturated carbocycles. The molecule has 1 aromatic rings. The number of nitrogens with zero attached hydrogens (tertiary/aromatic N) is 2. The third kappa shape index (κ3) is 1.91. The summed E-state index contributed by atoms with van der Waals surface area (Å²) in [5, 5.41) is 0. The van der Waals surface area contributed by atoms with E-state index in [0.717, 1.165) is 24.4 Å². The maximum absolute atomic E-state index is 5.58. The van der Waals surface area contributed by atoms with Crippen molar-refractivity contribution >= 4 is 11.8 Å². The summed E-state index contributed by atoms with van der Waals surface area (Å²) in [6.07, 6.45) is 1.99. The van der Waals surface area contributed by atoms with Crippen LogP contribution in [0.1, 0.15) is 22.8 Å². The number of aryl methyl sites for hydroxylation is 1. The molecular weight excluding hydrogens is 194 g/mol. The van der Waals surface area contributed by atoms with E-state index >= 15 is 0 Å². The van der Waals surface area contributed by atoms with E-state index in [-0.39, 0.29) is 0 Å². The Hall–Kier alpha value is -0.610. The van der Waals surface area contributed by atoms with Crippen molar-refractivity contribution in [3.63, 3.8) is 0 Å². The van der Waals surface area contributed by atoms with Gasteiger partial charge in [-0.3, -0.25) is 0 Å². The van der Waals surface area contributed by atoms with Crippen LogP contribution in [0.5, 0.6) is 0 Å². The molecule has 0 aliphatic carbocycles. The Morgan fingerprint density at radius 3 is 3.07 bits per heavy atom. The smallest absolute Gasteiger partial charge is 0.125 e. The minimum absolute atomic E-state index is 0.677. The quantitative estimate of drug-likeness (QED) is 0.791. The number of aromatic nitrogens is 2. The Bertz CT molecular complexity index is 338. The number of rotatable bonds is 2. The molecule has 0 atom stereocenters. The van der Waals surface area contributed by atoms with E-state index in [1.54, 1.807) is 0 Å². The molecule has 0 aromatic carbocycles. The molecule has 4 heteroatoms. The standard InChI is InChI=1S/C10H15N3S/c1-7-12-9(2-4-11)8-3-5-14-6-10(8)13-7/h2-6,11H2,1H3. The fraction of sp³-hybridized carbons (Fsp3) is 0.600. The topological polar surface area (TPSA) is 51.8 Å². The molecule has 0 spiro atoms. The predicted octanol–water partition coefficient (Wildman–Crippen LogP) is 1.08. The third-order valence-corrected chi connectivity index (χ3v) is 3.38. The first-order chi connectivity index (χ1) is 6.81. The maximum atomic E-state index is 5.58. The summed E-state index contributed by atoms with van der Waals surface area (Å²) in [6, 6.07) is 0. The highest BCUT2D eigenvalue weighted by Crippen LogP contribution is 2.25. The molecule has 2 rings (SSSR count). The molecule has 2 heterocycles. The normalized spacial score (nSPS) is 15.3. The van der Waals surface area contributed by atoms with Crippen LogP contribution in [0.15, 0.2) is 0 Å². The van der Waals surface area contributed by atoms with Crippen LogP contribution in [0.25, 0.3) is 0 Å². The number of fused-ring (bicyclic) bond motifs is 1. The third-order valence-electron chi connectivity index (χ3n) is 2.41. The lowest BCUT2D eigenvalue weighted by molar-refractivity contribution is 0.829. The van der Waals surface area contributed by atoms with Crippen molar-refractivity contribution in [2.45, 2.75) is 25.5 Å². The van der Waals surface area contributed by atoms with E-state index in [1.807, 2.05) is 18.7 Å². The van der Waals surface area contributed by atoms with E-state index in [2.05, 4.69) is 9.97 Å². The molecule has 0 fully saturated rings. The zero-order valence-corrected chi connectivity index (χ0v) is 9.23. The van der Waals surface area contributed by atoms with Gasteiger partial charge in [-0.25, -0.2) is 9.97 Å². The zero-order chi connectivity index (χ0) is 9.97. The first kappa shape index (κ1) is 9.93. The molecule has 0 bridgehead atoms. The lowest BCUT2D eigenvalue weighted by Gasteiger charge is -2.17. The SMILES string of the molecule is Cc1nc(CCN)c2c(n1)CSCC2. The molecule has 1 aliphatic heterocycles. The second kappa shape index (κ2) is 4.28. The number of hydrogen-bond acceptors (Lipinski definition) is 4. The van der Waals surface area contributed by atoms with E-state index in [0.29, 0.717) is 6.54 Å². The molecule has 0 amide bonds. The minimum Gasteiger partial charge on any atom is -0.330 e. The Labute approximate surface area is 88.5 Å². The molecule has 1 aromatic heterocycles. The van der Waals surface area contributed by atoms with Gasteiger partial charge in [0.1, 0.15) is 5.82 Å². The van der Waals surface area contributed by atoms with Crippen LogP contribution < -0.4 is 5.73 Å². The first-order valence-corrected chi connectivity index (χ1v) is 6.10. The van der Waals surface area contributed by atoms with Gasteiger partial charge in [-0.05, 0) is 31.2 Å². The van der Waals surface area contributed by atoms with Gasteiger partial charge in [-0.1, -0.05) is 0 Å². The van der Waals surface area contributed by atoms with Crippen LogP contribution in [0.3, 0.4) is 0 Å². The zero-order valence-electron chi connectivity index (χ0n) is 8.42. The average molecular weight is 209 g/mol. The maximum Gasteiger partial charge on any atom is 0.125 e. The Kier molecular flexibility index (Phi) is 3.03. The molecule has 1 aliphatic rings. The molecule has 14 heavy (non-hydrogen) atoms. The van der Waals surface area contributed by atoms with E-state index in [1.165, 1.54) is 22.7 Å². The van der Waals surface area contributed by atoms with Gasteiger partial charge in [0, 0.05) is 17.9 Å². The number of nitrogens with two attached hydrogens (primary N) is 1. The van der Waals surface area contributed by atoms with Crippen molar-refractivity contribution in [2.24, 2.45) is 5.73 Å². The van der Waals surface area contributed by atoms with Crippen molar-refractivity contribution in [2.75, 3.05) is 12.3 Å². The van der Waals surface area contributed by atoms with Gasteiger partial charge in [0.2, 0.25) is 0 Å². The van der Waals surface area contributed by atoms with Crippen LogP contribution in [0, 0.1) is 6.92 Å². The summed E-state index contributed by atoms with van der Waals surface area (Å²) < 4.78 is 0. The van der Waals surface area contributed by atoms with Gasteiger partial charge in [0.25, 0.3) is 0 Å². The summed E-state index contributed by atoms with van der Waals surface area (Å²) in [5.41, 5.74) is 9.35. The summed E-state index contributed by atoms with van der Waals surface area (Å²) in [5.74, 6) is 3.11.